The van der Waals surface area contributed by atoms with Crippen molar-refractivity contribution in [2.75, 3.05) is 25.8 Å². The molecule has 4 nitrogen and oxygen atoms in total. The van der Waals surface area contributed by atoms with Crippen molar-refractivity contribution in [1.29, 1.82) is 0 Å². The van der Waals surface area contributed by atoms with E-state index in [0.29, 0.717) is 0 Å². The van der Waals surface area contributed by atoms with Crippen molar-refractivity contribution >= 4 is 12.0 Å². The Morgan fingerprint density at radius 3 is 2.73 bits per heavy atom. The second kappa shape index (κ2) is 3.81. The van der Waals surface area contributed by atoms with Gasteiger partial charge in [-0.05, 0) is 30.7 Å². The summed E-state index contributed by atoms with van der Waals surface area (Å²) in [6.45, 7) is 2.86. The number of hydrogen-bond donors (Lipinski definition) is 0. The maximum Gasteiger partial charge on any atom is 0.119 e. The van der Waals surface area contributed by atoms with Crippen LogP contribution in [0.25, 0.3) is 0 Å². The molecule has 1 aromatic carbocycles. The lowest BCUT2D eigenvalue weighted by molar-refractivity contribution is 0.414. The molecule has 15 heavy (non-hydrogen) atoms. The fraction of sp³-hybridized carbons (Fsp3) is 0.364. The Balaban J connectivity index is 2.26. The molecule has 0 atom stereocenters. The van der Waals surface area contributed by atoms with Gasteiger partial charge in [0.15, 0.2) is 0 Å². The number of anilines is 1. The molecule has 2 rings (SSSR count). The largest absolute Gasteiger partial charge is 0.497 e. The van der Waals surface area contributed by atoms with Crippen molar-refractivity contribution in [3.8, 4) is 5.75 Å². The summed E-state index contributed by atoms with van der Waals surface area (Å²) in [6, 6.07) is 6.00. The van der Waals surface area contributed by atoms with E-state index in [4.69, 9.17) is 4.74 Å². The number of hydrogen-bond acceptors (Lipinski definition) is 4. The molecular weight excluding hydrogens is 190 g/mol. The third-order valence-corrected chi connectivity index (χ3v) is 2.43. The summed E-state index contributed by atoms with van der Waals surface area (Å²) in [4.78, 5) is 2.03. The lowest BCUT2D eigenvalue weighted by Crippen LogP contribution is -2.23. The molecule has 0 amide bonds. The highest BCUT2D eigenvalue weighted by molar-refractivity contribution is 5.64. The molecule has 1 aliphatic rings. The van der Waals surface area contributed by atoms with Gasteiger partial charge >= 0.3 is 0 Å². The first kappa shape index (κ1) is 9.83. The molecule has 0 spiro atoms. The lowest BCUT2D eigenvalue weighted by Gasteiger charge is -2.18. The molecule has 0 aromatic heterocycles. The summed E-state index contributed by atoms with van der Waals surface area (Å²) in [5, 5.41) is 6.26. The Morgan fingerprint density at radius 1 is 1.40 bits per heavy atom. The molecule has 80 valence electrons. The van der Waals surface area contributed by atoms with Crippen LogP contribution in [0.5, 0.6) is 5.75 Å². The Kier molecular flexibility index (Phi) is 2.49. The first-order valence-electron chi connectivity index (χ1n) is 4.87. The lowest BCUT2D eigenvalue weighted by atomic mass is 10.2. The van der Waals surface area contributed by atoms with E-state index in [1.807, 2.05) is 41.5 Å². The van der Waals surface area contributed by atoms with E-state index in [1.165, 1.54) is 5.56 Å². The van der Waals surface area contributed by atoms with Gasteiger partial charge in [-0.1, -0.05) is 0 Å². The first-order valence-corrected chi connectivity index (χ1v) is 4.87. The van der Waals surface area contributed by atoms with Crippen LogP contribution in [-0.4, -0.2) is 32.1 Å². The minimum Gasteiger partial charge on any atom is -0.497 e. The van der Waals surface area contributed by atoms with Gasteiger partial charge in [-0.2, -0.15) is 5.10 Å². The van der Waals surface area contributed by atoms with Gasteiger partial charge in [-0.3, -0.25) is 0 Å². The van der Waals surface area contributed by atoms with Crippen molar-refractivity contribution in [2.24, 2.45) is 5.10 Å². The summed E-state index contributed by atoms with van der Waals surface area (Å²) in [6.07, 6.45) is 1.82. The van der Waals surface area contributed by atoms with Crippen LogP contribution >= 0.6 is 0 Å². The Morgan fingerprint density at radius 2 is 2.20 bits per heavy atom. The summed E-state index contributed by atoms with van der Waals surface area (Å²) in [5.74, 6) is 0.882. The number of ether oxygens (including phenoxy) is 1. The number of hydrazone groups is 1. The highest BCUT2D eigenvalue weighted by atomic mass is 16.5. The van der Waals surface area contributed by atoms with Gasteiger partial charge in [-0.15, -0.1) is 0 Å². The van der Waals surface area contributed by atoms with E-state index in [0.717, 1.165) is 18.1 Å². The molecule has 1 aliphatic heterocycles. The molecule has 0 bridgehead atoms. The zero-order valence-corrected chi connectivity index (χ0v) is 9.27. The predicted octanol–water partition coefficient (Wildman–Crippen LogP) is 1.66. The van der Waals surface area contributed by atoms with Gasteiger partial charge in [0.25, 0.3) is 0 Å². The van der Waals surface area contributed by atoms with Gasteiger partial charge in [-0.25, -0.2) is 5.01 Å². The standard InChI is InChI=1S/C11H15N3O/c1-9-6-10(15-3)4-5-11(9)14-8-13(2)7-12-14/h4-7H,8H2,1-3H3. The second-order valence-electron chi connectivity index (χ2n) is 3.68. The molecule has 0 unspecified atom stereocenters. The second-order valence-corrected chi connectivity index (χ2v) is 3.68. The summed E-state index contributed by atoms with van der Waals surface area (Å²) in [5.41, 5.74) is 2.29. The van der Waals surface area contributed by atoms with Gasteiger partial charge in [0.05, 0.1) is 12.8 Å². The van der Waals surface area contributed by atoms with Crippen molar-refractivity contribution in [3.05, 3.63) is 23.8 Å². The van der Waals surface area contributed by atoms with Crippen molar-refractivity contribution in [1.82, 2.24) is 4.90 Å². The van der Waals surface area contributed by atoms with E-state index >= 15 is 0 Å². The van der Waals surface area contributed by atoms with Gasteiger partial charge in [0.1, 0.15) is 18.8 Å². The minimum absolute atomic E-state index is 0.799. The third-order valence-electron chi connectivity index (χ3n) is 2.43. The normalized spacial score (nSPS) is 14.9. The SMILES string of the molecule is COc1ccc(N2CN(C)C=N2)c(C)c1. The number of nitrogens with zero attached hydrogens (tertiary/aromatic N) is 3. The molecule has 0 aliphatic carbocycles. The predicted molar refractivity (Wildman–Crippen MR) is 61.3 cm³/mol. The molecule has 0 fully saturated rings. The zero-order chi connectivity index (χ0) is 10.8. The van der Waals surface area contributed by atoms with Crippen molar-refractivity contribution in [3.63, 3.8) is 0 Å². The monoisotopic (exact) mass is 205 g/mol. The molecular formula is C11H15N3O. The van der Waals surface area contributed by atoms with Crippen LogP contribution in [0.15, 0.2) is 23.3 Å². The van der Waals surface area contributed by atoms with E-state index in [9.17, 15) is 0 Å². The minimum atomic E-state index is 0.799. The van der Waals surface area contributed by atoms with Crippen LogP contribution in [0.1, 0.15) is 5.56 Å². The Hall–Kier alpha value is -1.71. The first-order chi connectivity index (χ1) is 7.20. The maximum absolute atomic E-state index is 5.17. The molecule has 4 heteroatoms. The van der Waals surface area contributed by atoms with Crippen molar-refractivity contribution < 1.29 is 4.74 Å². The fourth-order valence-electron chi connectivity index (χ4n) is 1.62. The van der Waals surface area contributed by atoms with Crippen LogP contribution in [0.3, 0.4) is 0 Å². The van der Waals surface area contributed by atoms with E-state index < -0.39 is 0 Å². The maximum atomic E-state index is 5.17. The quantitative estimate of drug-likeness (QED) is 0.735. The average Bonchev–Trinajstić information content (AvgIpc) is 2.64. The molecule has 1 aromatic rings. The zero-order valence-electron chi connectivity index (χ0n) is 9.27. The third kappa shape index (κ3) is 1.88. The van der Waals surface area contributed by atoms with E-state index in [-0.39, 0.29) is 0 Å². The smallest absolute Gasteiger partial charge is 0.119 e. The van der Waals surface area contributed by atoms with Crippen LogP contribution in [0.4, 0.5) is 5.69 Å². The Labute approximate surface area is 89.7 Å². The van der Waals surface area contributed by atoms with Gasteiger partial charge in [0, 0.05) is 7.05 Å². The number of methoxy groups -OCH3 is 1. The van der Waals surface area contributed by atoms with Crippen LogP contribution < -0.4 is 9.75 Å². The number of rotatable bonds is 2. The van der Waals surface area contributed by atoms with Gasteiger partial charge in [0.2, 0.25) is 0 Å². The molecule has 0 N–H and O–H groups in total. The van der Waals surface area contributed by atoms with Crippen molar-refractivity contribution in [2.45, 2.75) is 6.92 Å². The average molecular weight is 205 g/mol. The molecule has 0 radical (unpaired) electrons. The highest BCUT2D eigenvalue weighted by Gasteiger charge is 2.14. The summed E-state index contributed by atoms with van der Waals surface area (Å²) in [7, 11) is 3.68. The Bertz CT molecular complexity index is 389. The van der Waals surface area contributed by atoms with E-state index in [1.54, 1.807) is 7.11 Å². The molecule has 0 saturated carbocycles. The van der Waals surface area contributed by atoms with Gasteiger partial charge < -0.3 is 9.64 Å². The van der Waals surface area contributed by atoms with E-state index in [2.05, 4.69) is 12.0 Å². The summed E-state index contributed by atoms with van der Waals surface area (Å²) < 4.78 is 5.17. The highest BCUT2D eigenvalue weighted by Crippen LogP contribution is 2.25. The van der Waals surface area contributed by atoms with Crippen LogP contribution in [0, 0.1) is 6.92 Å². The van der Waals surface area contributed by atoms with Crippen LogP contribution in [-0.2, 0) is 0 Å². The topological polar surface area (TPSA) is 28.1 Å². The number of aryl methyl sites for hydroxylation is 1. The molecule has 0 saturated heterocycles. The molecule has 1 heterocycles. The fourth-order valence-corrected chi connectivity index (χ4v) is 1.62. The number of benzene rings is 1. The van der Waals surface area contributed by atoms with Crippen LogP contribution in [0.2, 0.25) is 0 Å². The summed E-state index contributed by atoms with van der Waals surface area (Å²) >= 11 is 0.